The Kier molecular flexibility index (Phi) is 3.77. The van der Waals surface area contributed by atoms with E-state index >= 15 is 0 Å². The van der Waals surface area contributed by atoms with Crippen molar-refractivity contribution in [2.45, 2.75) is 12.3 Å². The fourth-order valence-corrected chi connectivity index (χ4v) is 2.29. The van der Waals surface area contributed by atoms with E-state index in [1.165, 1.54) is 11.1 Å². The summed E-state index contributed by atoms with van der Waals surface area (Å²) < 4.78 is 0. The van der Waals surface area contributed by atoms with Crippen LogP contribution in [-0.4, -0.2) is 0 Å². The summed E-state index contributed by atoms with van der Waals surface area (Å²) in [6, 6.07) is 8.65. The molecule has 0 saturated carbocycles. The molecule has 0 heterocycles. The molecule has 1 aromatic carbocycles. The van der Waals surface area contributed by atoms with Crippen LogP contribution in [0.5, 0.6) is 0 Å². The number of hydrogen-bond donors (Lipinski definition) is 0. The zero-order valence-corrected chi connectivity index (χ0v) is 10.0. The molecule has 1 unspecified atom stereocenters. The van der Waals surface area contributed by atoms with Gasteiger partial charge in [0.15, 0.2) is 0 Å². The second kappa shape index (κ2) is 5.49. The number of hydrogen-bond acceptors (Lipinski definition) is 0. The summed E-state index contributed by atoms with van der Waals surface area (Å²) in [7, 11) is 0. The van der Waals surface area contributed by atoms with Crippen LogP contribution < -0.4 is 0 Å². The minimum Gasteiger partial charge on any atom is -0.103 e. The Labute approximate surface area is 104 Å². The van der Waals surface area contributed by atoms with E-state index in [-0.39, 0.29) is 0 Å². The molecule has 0 nitrogen and oxygen atoms in total. The Morgan fingerprint density at radius 2 is 1.71 bits per heavy atom. The highest BCUT2D eigenvalue weighted by Crippen LogP contribution is 2.32. The number of allylic oxidation sites excluding steroid dienone is 5. The fourth-order valence-electron chi connectivity index (χ4n) is 2.29. The van der Waals surface area contributed by atoms with E-state index in [1.807, 2.05) is 12.2 Å². The standard InChI is InChI=1S/C17H18/c1-3-7-17(15-8-5-6-9-15)16-12-10-14(4-2)11-13-16/h3-6,8-13,15,17H,1-2,7H2. The maximum atomic E-state index is 3.87. The van der Waals surface area contributed by atoms with Crippen molar-refractivity contribution in [1.29, 1.82) is 0 Å². The summed E-state index contributed by atoms with van der Waals surface area (Å²) in [5.74, 6) is 1.00. The molecule has 1 aromatic rings. The largest absolute Gasteiger partial charge is 0.103 e. The molecule has 1 aliphatic rings. The van der Waals surface area contributed by atoms with Gasteiger partial charge in [0.2, 0.25) is 0 Å². The molecule has 0 saturated heterocycles. The molecule has 17 heavy (non-hydrogen) atoms. The van der Waals surface area contributed by atoms with Gasteiger partial charge in [0.1, 0.15) is 0 Å². The van der Waals surface area contributed by atoms with Crippen molar-refractivity contribution < 1.29 is 0 Å². The van der Waals surface area contributed by atoms with Gasteiger partial charge in [0.25, 0.3) is 0 Å². The Balaban J connectivity index is 2.24. The topological polar surface area (TPSA) is 0 Å². The van der Waals surface area contributed by atoms with E-state index in [1.54, 1.807) is 0 Å². The first-order valence-electron chi connectivity index (χ1n) is 6.03. The van der Waals surface area contributed by atoms with Gasteiger partial charge in [-0.2, -0.15) is 0 Å². The van der Waals surface area contributed by atoms with Crippen molar-refractivity contribution in [3.8, 4) is 0 Å². The second-order valence-electron chi connectivity index (χ2n) is 4.35. The van der Waals surface area contributed by atoms with Crippen LogP contribution in [0.3, 0.4) is 0 Å². The van der Waals surface area contributed by atoms with E-state index in [0.717, 1.165) is 6.42 Å². The number of rotatable bonds is 5. The zero-order valence-electron chi connectivity index (χ0n) is 10.0. The molecule has 0 heteroatoms. The average molecular weight is 222 g/mol. The highest BCUT2D eigenvalue weighted by atomic mass is 14.2. The van der Waals surface area contributed by atoms with E-state index in [0.29, 0.717) is 11.8 Å². The van der Waals surface area contributed by atoms with Gasteiger partial charge in [-0.15, -0.1) is 6.58 Å². The zero-order chi connectivity index (χ0) is 12.1. The molecule has 2 rings (SSSR count). The minimum absolute atomic E-state index is 0.501. The summed E-state index contributed by atoms with van der Waals surface area (Å²) >= 11 is 0. The molecule has 86 valence electrons. The first kappa shape index (κ1) is 11.7. The molecule has 0 aliphatic heterocycles. The van der Waals surface area contributed by atoms with E-state index in [2.05, 4.69) is 61.7 Å². The summed E-state index contributed by atoms with van der Waals surface area (Å²) in [6.45, 7) is 7.65. The van der Waals surface area contributed by atoms with Crippen LogP contribution in [-0.2, 0) is 0 Å². The van der Waals surface area contributed by atoms with Crippen molar-refractivity contribution >= 4 is 6.08 Å². The smallest absolute Gasteiger partial charge is 0.00245 e. The van der Waals surface area contributed by atoms with E-state index in [9.17, 15) is 0 Å². The van der Waals surface area contributed by atoms with Gasteiger partial charge in [-0.3, -0.25) is 0 Å². The van der Waals surface area contributed by atoms with E-state index < -0.39 is 0 Å². The van der Waals surface area contributed by atoms with Gasteiger partial charge in [-0.1, -0.05) is 67.3 Å². The fraction of sp³-hybridized carbons (Fsp3) is 0.176. The summed E-state index contributed by atoms with van der Waals surface area (Å²) in [4.78, 5) is 0. The third kappa shape index (κ3) is 2.65. The average Bonchev–Trinajstić information content (AvgIpc) is 2.90. The lowest BCUT2D eigenvalue weighted by atomic mass is 9.84. The van der Waals surface area contributed by atoms with Crippen molar-refractivity contribution in [2.75, 3.05) is 0 Å². The molecule has 0 amide bonds. The van der Waals surface area contributed by atoms with Crippen molar-refractivity contribution in [3.63, 3.8) is 0 Å². The Hall–Kier alpha value is -1.82. The Bertz CT molecular complexity index is 433. The third-order valence-corrected chi connectivity index (χ3v) is 3.26. The molecular formula is C17H18. The SMILES string of the molecule is C=CCC(c1ccc(C=C)cc1)C1C=CC=C1. The van der Waals surface area contributed by atoms with Gasteiger partial charge in [0, 0.05) is 5.92 Å². The summed E-state index contributed by atoms with van der Waals surface area (Å²) in [5.41, 5.74) is 2.54. The normalized spacial score (nSPS) is 16.0. The third-order valence-electron chi connectivity index (χ3n) is 3.26. The van der Waals surface area contributed by atoms with Gasteiger partial charge in [-0.25, -0.2) is 0 Å². The first-order chi connectivity index (χ1) is 8.35. The molecule has 0 fully saturated rings. The summed E-state index contributed by atoms with van der Waals surface area (Å²) in [5, 5.41) is 0. The lowest BCUT2D eigenvalue weighted by molar-refractivity contribution is 0.606. The van der Waals surface area contributed by atoms with Crippen LogP contribution in [0.2, 0.25) is 0 Å². The van der Waals surface area contributed by atoms with Crippen LogP contribution >= 0.6 is 0 Å². The molecule has 0 spiro atoms. The molecule has 0 aromatic heterocycles. The van der Waals surface area contributed by atoms with E-state index in [4.69, 9.17) is 0 Å². The quantitative estimate of drug-likeness (QED) is 0.632. The van der Waals surface area contributed by atoms with Gasteiger partial charge in [0.05, 0.1) is 0 Å². The van der Waals surface area contributed by atoms with Gasteiger partial charge >= 0.3 is 0 Å². The molecule has 0 N–H and O–H groups in total. The maximum Gasteiger partial charge on any atom is 0.00245 e. The van der Waals surface area contributed by atoms with Crippen LogP contribution in [0.1, 0.15) is 23.5 Å². The lowest BCUT2D eigenvalue weighted by Crippen LogP contribution is -2.07. The minimum atomic E-state index is 0.501. The van der Waals surface area contributed by atoms with Crippen molar-refractivity contribution in [3.05, 3.63) is 78.9 Å². The number of benzene rings is 1. The highest BCUT2D eigenvalue weighted by molar-refractivity contribution is 5.47. The van der Waals surface area contributed by atoms with Crippen LogP contribution in [0.4, 0.5) is 0 Å². The van der Waals surface area contributed by atoms with Crippen molar-refractivity contribution in [2.24, 2.45) is 5.92 Å². The summed E-state index contributed by atoms with van der Waals surface area (Å²) in [6.07, 6.45) is 13.7. The second-order valence-corrected chi connectivity index (χ2v) is 4.35. The van der Waals surface area contributed by atoms with Gasteiger partial charge in [-0.05, 0) is 23.5 Å². The predicted molar refractivity (Wildman–Crippen MR) is 75.9 cm³/mol. The predicted octanol–water partition coefficient (Wildman–Crippen LogP) is 4.73. The monoisotopic (exact) mass is 222 g/mol. The van der Waals surface area contributed by atoms with Gasteiger partial charge < -0.3 is 0 Å². The van der Waals surface area contributed by atoms with Crippen molar-refractivity contribution in [1.82, 2.24) is 0 Å². The lowest BCUT2D eigenvalue weighted by Gasteiger charge is -2.20. The Morgan fingerprint density at radius 1 is 1.06 bits per heavy atom. The molecule has 1 aliphatic carbocycles. The molecule has 0 bridgehead atoms. The molecule has 0 radical (unpaired) electrons. The first-order valence-corrected chi connectivity index (χ1v) is 6.03. The Morgan fingerprint density at radius 3 is 2.24 bits per heavy atom. The van der Waals surface area contributed by atoms with Crippen LogP contribution in [0.25, 0.3) is 6.08 Å². The molecule has 1 atom stereocenters. The maximum absolute atomic E-state index is 3.87. The molecular weight excluding hydrogens is 204 g/mol. The highest BCUT2D eigenvalue weighted by Gasteiger charge is 2.18. The van der Waals surface area contributed by atoms with Crippen LogP contribution in [0, 0.1) is 5.92 Å². The van der Waals surface area contributed by atoms with Crippen LogP contribution in [0.15, 0.2) is 67.8 Å².